The Bertz CT molecular complexity index is 782. The van der Waals surface area contributed by atoms with Crippen molar-refractivity contribution in [2.75, 3.05) is 13.1 Å². The molecule has 0 spiro atoms. The fourth-order valence-electron chi connectivity index (χ4n) is 2.25. The van der Waals surface area contributed by atoms with Gasteiger partial charge in [0.15, 0.2) is 5.44 Å². The molecule has 0 bridgehead atoms. The van der Waals surface area contributed by atoms with Crippen LogP contribution >= 0.6 is 47.2 Å². The molecule has 0 aliphatic heterocycles. The lowest BCUT2D eigenvalue weighted by molar-refractivity contribution is 0.0459. The van der Waals surface area contributed by atoms with Crippen molar-refractivity contribution in [3.63, 3.8) is 0 Å². The largest absolute Gasteiger partial charge is 0.442 e. The van der Waals surface area contributed by atoms with Crippen molar-refractivity contribution in [1.29, 1.82) is 0 Å². The van der Waals surface area contributed by atoms with E-state index in [-0.39, 0.29) is 0 Å². The van der Waals surface area contributed by atoms with Crippen molar-refractivity contribution in [3.8, 4) is 0 Å². The summed E-state index contributed by atoms with van der Waals surface area (Å²) in [7, 11) is 0. The van der Waals surface area contributed by atoms with Gasteiger partial charge in [0, 0.05) is 23.7 Å². The van der Waals surface area contributed by atoms with Crippen LogP contribution in [0.15, 0.2) is 48.5 Å². The molecule has 1 atom stereocenters. The number of halogens is 2. The Morgan fingerprint density at radius 2 is 1.65 bits per heavy atom. The van der Waals surface area contributed by atoms with Crippen molar-refractivity contribution in [2.24, 2.45) is 0 Å². The third kappa shape index (κ3) is 5.36. The highest BCUT2D eigenvalue weighted by Crippen LogP contribution is 2.37. The molecule has 2 aromatic carbocycles. The minimum atomic E-state index is -0.666. The van der Waals surface area contributed by atoms with Crippen LogP contribution < -0.4 is 0 Å². The number of ether oxygens (including phenoxy) is 1. The average Bonchev–Trinajstić information content (AvgIpc) is 2.63. The maximum absolute atomic E-state index is 12.6. The summed E-state index contributed by atoms with van der Waals surface area (Å²) in [6.45, 7) is 5.60. The van der Waals surface area contributed by atoms with Gasteiger partial charge in [-0.2, -0.15) is 0 Å². The van der Waals surface area contributed by atoms with E-state index in [1.54, 1.807) is 30.3 Å². The molecule has 3 nitrogen and oxygen atoms in total. The Balaban J connectivity index is 2.29. The molecule has 0 saturated heterocycles. The van der Waals surface area contributed by atoms with Gasteiger partial charge in [-0.3, -0.25) is 0 Å². The molecule has 0 radical (unpaired) electrons. The summed E-state index contributed by atoms with van der Waals surface area (Å²) in [5.74, 6) is -0.518. The van der Waals surface area contributed by atoms with Gasteiger partial charge in [0.1, 0.15) is 4.32 Å². The molecule has 2 rings (SSSR count). The summed E-state index contributed by atoms with van der Waals surface area (Å²) in [4.78, 5) is 14.7. The standard InChI is InChI=1S/C19H19Cl2NO2S2/c1-3-22(4-2)19(25)26-18(14-10-6-8-12-16(14)21)24-17(23)13-9-5-7-11-15(13)20/h5-12,18H,3-4H2,1-2H3/t18-/m0/s1. The third-order valence-corrected chi connectivity index (χ3v) is 5.94. The van der Waals surface area contributed by atoms with Gasteiger partial charge in [0.25, 0.3) is 0 Å². The Kier molecular flexibility index (Phi) is 8.22. The minimum absolute atomic E-state index is 0.306. The van der Waals surface area contributed by atoms with Gasteiger partial charge in [-0.1, -0.05) is 65.8 Å². The SMILES string of the molecule is CCN(CC)C(=S)S[C@H](OC(=O)c1ccccc1Cl)c1ccccc1Cl. The van der Waals surface area contributed by atoms with Gasteiger partial charge in [-0.05, 0) is 43.8 Å². The van der Waals surface area contributed by atoms with Gasteiger partial charge in [0.05, 0.1) is 10.6 Å². The molecule has 0 amide bonds. The highest BCUT2D eigenvalue weighted by Gasteiger charge is 2.25. The van der Waals surface area contributed by atoms with E-state index in [0.717, 1.165) is 13.1 Å². The van der Waals surface area contributed by atoms with Crippen molar-refractivity contribution < 1.29 is 9.53 Å². The molecule has 0 aromatic heterocycles. The molecule has 138 valence electrons. The topological polar surface area (TPSA) is 29.5 Å². The van der Waals surface area contributed by atoms with E-state index in [1.807, 2.05) is 36.9 Å². The van der Waals surface area contributed by atoms with E-state index in [4.69, 9.17) is 40.2 Å². The van der Waals surface area contributed by atoms with E-state index in [1.165, 1.54) is 11.8 Å². The first-order valence-electron chi connectivity index (χ1n) is 8.13. The van der Waals surface area contributed by atoms with Crippen molar-refractivity contribution in [3.05, 3.63) is 69.7 Å². The summed E-state index contributed by atoms with van der Waals surface area (Å²) in [6.07, 6.45) is 0. The predicted octanol–water partition coefficient (Wildman–Crippen LogP) is 6.21. The van der Waals surface area contributed by atoms with Crippen LogP contribution in [0.2, 0.25) is 10.0 Å². The normalized spacial score (nSPS) is 11.7. The Morgan fingerprint density at radius 1 is 1.08 bits per heavy atom. The van der Waals surface area contributed by atoms with E-state index in [0.29, 0.717) is 25.5 Å². The predicted molar refractivity (Wildman–Crippen MR) is 114 cm³/mol. The van der Waals surface area contributed by atoms with Crippen LogP contribution in [0.25, 0.3) is 0 Å². The van der Waals surface area contributed by atoms with Crippen LogP contribution in [0, 0.1) is 0 Å². The lowest BCUT2D eigenvalue weighted by Crippen LogP contribution is -2.28. The molecular formula is C19H19Cl2NO2S2. The zero-order chi connectivity index (χ0) is 19.1. The molecule has 26 heavy (non-hydrogen) atoms. The van der Waals surface area contributed by atoms with Gasteiger partial charge in [-0.15, -0.1) is 0 Å². The summed E-state index contributed by atoms with van der Waals surface area (Å²) in [6, 6.07) is 14.0. The Labute approximate surface area is 173 Å². The van der Waals surface area contributed by atoms with Gasteiger partial charge >= 0.3 is 5.97 Å². The molecule has 0 unspecified atom stereocenters. The number of hydrogen-bond donors (Lipinski definition) is 0. The quantitative estimate of drug-likeness (QED) is 0.310. The van der Waals surface area contributed by atoms with Crippen LogP contribution in [0.4, 0.5) is 0 Å². The van der Waals surface area contributed by atoms with Crippen molar-refractivity contribution >= 4 is 57.5 Å². The monoisotopic (exact) mass is 427 g/mol. The first-order chi connectivity index (χ1) is 12.5. The number of esters is 1. The van der Waals surface area contributed by atoms with Gasteiger partial charge in [-0.25, -0.2) is 4.79 Å². The van der Waals surface area contributed by atoms with E-state index in [9.17, 15) is 4.79 Å². The molecule has 0 saturated carbocycles. The van der Waals surface area contributed by atoms with Crippen molar-refractivity contribution in [2.45, 2.75) is 19.3 Å². The second-order valence-electron chi connectivity index (χ2n) is 5.29. The molecule has 0 aliphatic rings. The van der Waals surface area contributed by atoms with Crippen LogP contribution in [0.5, 0.6) is 0 Å². The summed E-state index contributed by atoms with van der Waals surface area (Å²) >= 11 is 19.2. The van der Waals surface area contributed by atoms with E-state index < -0.39 is 11.4 Å². The summed E-state index contributed by atoms with van der Waals surface area (Å²) < 4.78 is 6.38. The van der Waals surface area contributed by atoms with Gasteiger partial charge < -0.3 is 9.64 Å². The van der Waals surface area contributed by atoms with Crippen LogP contribution in [0.3, 0.4) is 0 Å². The number of rotatable bonds is 6. The molecule has 0 aliphatic carbocycles. The second kappa shape index (κ2) is 10.2. The maximum atomic E-state index is 12.6. The highest BCUT2D eigenvalue weighted by atomic mass is 35.5. The molecule has 0 N–H and O–H groups in total. The fourth-order valence-corrected chi connectivity index (χ4v) is 4.34. The second-order valence-corrected chi connectivity index (χ2v) is 7.80. The van der Waals surface area contributed by atoms with E-state index >= 15 is 0 Å². The van der Waals surface area contributed by atoms with Crippen LogP contribution in [0.1, 0.15) is 35.2 Å². The number of carbonyl (C=O) groups is 1. The number of thiocarbonyl (C=S) groups is 1. The molecule has 0 fully saturated rings. The number of thioether (sulfide) groups is 1. The minimum Gasteiger partial charge on any atom is -0.442 e. The number of hydrogen-bond acceptors (Lipinski definition) is 4. The smallest absolute Gasteiger partial charge is 0.341 e. The summed E-state index contributed by atoms with van der Waals surface area (Å²) in [5, 5.41) is 0.853. The van der Waals surface area contributed by atoms with Crippen LogP contribution in [-0.2, 0) is 4.74 Å². The third-order valence-electron chi connectivity index (χ3n) is 3.70. The summed E-state index contributed by atoms with van der Waals surface area (Å²) in [5.41, 5.74) is 0.329. The Hall–Kier alpha value is -1.27. The maximum Gasteiger partial charge on any atom is 0.341 e. The average molecular weight is 428 g/mol. The molecule has 7 heteroatoms. The molecule has 0 heterocycles. The fraction of sp³-hybridized carbons (Fsp3) is 0.263. The zero-order valence-electron chi connectivity index (χ0n) is 14.4. The molecule has 2 aromatic rings. The van der Waals surface area contributed by atoms with E-state index in [2.05, 4.69) is 0 Å². The van der Waals surface area contributed by atoms with Crippen LogP contribution in [-0.4, -0.2) is 28.3 Å². The lowest BCUT2D eigenvalue weighted by atomic mass is 10.2. The zero-order valence-corrected chi connectivity index (χ0v) is 17.6. The number of carbonyl (C=O) groups excluding carboxylic acids is 1. The number of nitrogens with zero attached hydrogens (tertiary/aromatic N) is 1. The molecular weight excluding hydrogens is 409 g/mol. The highest BCUT2D eigenvalue weighted by molar-refractivity contribution is 8.22. The Morgan fingerprint density at radius 3 is 2.23 bits per heavy atom. The first kappa shape index (κ1) is 21.0. The van der Waals surface area contributed by atoms with Crippen molar-refractivity contribution in [1.82, 2.24) is 4.90 Å². The lowest BCUT2D eigenvalue weighted by Gasteiger charge is -2.25. The first-order valence-corrected chi connectivity index (χ1v) is 10.2. The number of benzene rings is 2. The van der Waals surface area contributed by atoms with Gasteiger partial charge in [0.2, 0.25) is 0 Å².